The lowest BCUT2D eigenvalue weighted by atomic mass is 10.2. The van der Waals surface area contributed by atoms with E-state index in [1.807, 2.05) is 0 Å². The fourth-order valence-electron chi connectivity index (χ4n) is 6.81. The van der Waals surface area contributed by atoms with Crippen molar-refractivity contribution in [2.24, 2.45) is 0 Å². The van der Waals surface area contributed by atoms with Gasteiger partial charge < -0.3 is 9.11 Å². The minimum absolute atomic E-state index is 0.491. The predicted molar refractivity (Wildman–Crippen MR) is 232 cm³/mol. The van der Waals surface area contributed by atoms with Gasteiger partial charge in [0.2, 0.25) is 11.6 Å². The van der Waals surface area contributed by atoms with Crippen molar-refractivity contribution in [3.05, 3.63) is 211 Å². The average molecular weight is 999 g/mol. The van der Waals surface area contributed by atoms with Gasteiger partial charge in [-0.05, 0) is 72.8 Å². The molecule has 7 rings (SSSR count). The van der Waals surface area contributed by atoms with Crippen LogP contribution in [0.5, 0.6) is 0 Å². The van der Waals surface area contributed by atoms with Gasteiger partial charge in [-0.15, -0.1) is 0 Å². The van der Waals surface area contributed by atoms with Crippen LogP contribution in [-0.4, -0.2) is 42.5 Å². The van der Waals surface area contributed by atoms with Gasteiger partial charge in [0.25, 0.3) is 0 Å². The smallest absolute Gasteiger partial charge is 0.485 e. The summed E-state index contributed by atoms with van der Waals surface area (Å²) < 4.78 is 187. The SMILES string of the molecule is O=C(c1c(F)c(F)c([P+](c2ccccc2)(c2ccccc2)c2ccccc2)c(F)c1F)[P+](c1ccccc1)(c1ccccc1)c1ccccc1.O=S(=O)([O-])C(F)(F)F.O=S(=O)([O-])C(F)(F)F. The molecule has 7 nitrogen and oxygen atoms in total. The van der Waals surface area contributed by atoms with Gasteiger partial charge in [-0.2, -0.15) is 35.1 Å². The van der Waals surface area contributed by atoms with E-state index in [9.17, 15) is 26.3 Å². The number of rotatable bonds is 9. The normalized spacial score (nSPS) is 12.2. The minimum atomic E-state index is -6.09. The molecule has 0 heterocycles. The second kappa shape index (κ2) is 20.4. The van der Waals surface area contributed by atoms with Gasteiger partial charge in [-0.25, -0.2) is 30.4 Å². The number of benzene rings is 7. The molecule has 0 aliphatic rings. The fraction of sp³-hybridized carbons (Fsp3) is 0.0444. The molecule has 0 spiro atoms. The number of halogens is 10. The van der Waals surface area contributed by atoms with E-state index in [1.165, 1.54) is 0 Å². The number of carbonyl (C=O) groups excluding carboxylic acids is 1. The van der Waals surface area contributed by atoms with Crippen molar-refractivity contribution in [3.63, 3.8) is 0 Å². The van der Waals surface area contributed by atoms with E-state index >= 15 is 22.4 Å². The van der Waals surface area contributed by atoms with E-state index in [4.69, 9.17) is 25.9 Å². The molecule has 0 saturated heterocycles. The van der Waals surface area contributed by atoms with Crippen LogP contribution in [-0.2, 0) is 20.2 Å². The lowest BCUT2D eigenvalue weighted by Gasteiger charge is -2.29. The second-order valence-corrected chi connectivity index (χ2v) is 22.8. The molecule has 0 N–H and O–H groups in total. The van der Waals surface area contributed by atoms with Crippen molar-refractivity contribution in [2.75, 3.05) is 0 Å². The molecule has 0 aromatic heterocycles. The van der Waals surface area contributed by atoms with Crippen molar-refractivity contribution in [2.45, 2.75) is 11.0 Å². The Hall–Kier alpha value is -5.81. The van der Waals surface area contributed by atoms with Crippen molar-refractivity contribution in [1.29, 1.82) is 0 Å². The summed E-state index contributed by atoms with van der Waals surface area (Å²) in [4.78, 5) is 15.2. The summed E-state index contributed by atoms with van der Waals surface area (Å²) in [5, 5.41) is 2.21. The molecule has 0 aliphatic heterocycles. The summed E-state index contributed by atoms with van der Waals surface area (Å²) in [5.74, 6) is -6.62. The molecule has 0 unspecified atom stereocenters. The summed E-state index contributed by atoms with van der Waals surface area (Å²) in [5.41, 5.74) is -13.6. The molecule has 0 aliphatic carbocycles. The molecule has 0 radical (unpaired) electrons. The maximum Gasteiger partial charge on any atom is 0.485 e. The Kier molecular flexibility index (Phi) is 15.8. The first-order valence-electron chi connectivity index (χ1n) is 18.5. The van der Waals surface area contributed by atoms with Crippen LogP contribution in [0.25, 0.3) is 0 Å². The molecular weight excluding hydrogens is 969 g/mol. The molecule has 21 heteroatoms. The van der Waals surface area contributed by atoms with E-state index in [-0.39, 0.29) is 0 Å². The average Bonchev–Trinajstić information content (AvgIpc) is 3.29. The summed E-state index contributed by atoms with van der Waals surface area (Å²) in [7, 11) is -19.4. The van der Waals surface area contributed by atoms with E-state index in [2.05, 4.69) is 0 Å². The van der Waals surface area contributed by atoms with Crippen LogP contribution < -0.4 is 37.1 Å². The summed E-state index contributed by atoms with van der Waals surface area (Å²) in [6.07, 6.45) is 0. The molecule has 0 fully saturated rings. The van der Waals surface area contributed by atoms with Gasteiger partial charge in [-0.1, -0.05) is 109 Å². The first-order chi connectivity index (χ1) is 30.9. The highest BCUT2D eigenvalue weighted by Gasteiger charge is 2.59. The van der Waals surface area contributed by atoms with Crippen LogP contribution in [0.3, 0.4) is 0 Å². The highest BCUT2D eigenvalue weighted by atomic mass is 32.2. The van der Waals surface area contributed by atoms with Gasteiger partial charge in [0.05, 0.1) is 0 Å². The monoisotopic (exact) mass is 998 g/mol. The van der Waals surface area contributed by atoms with Crippen molar-refractivity contribution in [1.82, 2.24) is 0 Å². The molecule has 7 aromatic carbocycles. The number of hydrogen-bond donors (Lipinski definition) is 0. The van der Waals surface area contributed by atoms with Gasteiger partial charge >= 0.3 is 16.5 Å². The molecule has 0 amide bonds. The maximum atomic E-state index is 17.3. The summed E-state index contributed by atoms with van der Waals surface area (Å²) >= 11 is 0. The molecule has 0 atom stereocenters. The second-order valence-electron chi connectivity index (χ2n) is 13.4. The molecule has 66 heavy (non-hydrogen) atoms. The Morgan fingerprint density at radius 2 is 0.576 bits per heavy atom. The topological polar surface area (TPSA) is 131 Å². The molecule has 7 aromatic rings. The van der Waals surface area contributed by atoms with E-state index in [0.29, 0.717) is 31.8 Å². The zero-order valence-corrected chi connectivity index (χ0v) is 36.6. The Bertz CT molecular complexity index is 2730. The Morgan fingerprint density at radius 3 is 0.773 bits per heavy atom. The van der Waals surface area contributed by atoms with Crippen molar-refractivity contribution in [3.8, 4) is 0 Å². The van der Waals surface area contributed by atoms with E-state index < -0.39 is 85.4 Å². The van der Waals surface area contributed by atoms with Crippen LogP contribution in [0.2, 0.25) is 0 Å². The largest absolute Gasteiger partial charge is 0.741 e. The lowest BCUT2D eigenvalue weighted by molar-refractivity contribution is -0.0522. The molecule has 344 valence electrons. The van der Waals surface area contributed by atoms with Crippen molar-refractivity contribution < 1.29 is 74.6 Å². The van der Waals surface area contributed by atoms with Crippen LogP contribution >= 0.6 is 14.5 Å². The first kappa shape index (κ1) is 51.2. The molecule has 0 bridgehead atoms. The minimum Gasteiger partial charge on any atom is -0.741 e. The quantitative estimate of drug-likeness (QED) is 0.0470. The molecular formula is C45H30F10O7P2S2. The third-order valence-electron chi connectivity index (χ3n) is 9.52. The van der Waals surface area contributed by atoms with Gasteiger partial charge in [0, 0.05) is 0 Å². The predicted octanol–water partition coefficient (Wildman–Crippen LogP) is 8.10. The zero-order valence-electron chi connectivity index (χ0n) is 33.2. The highest BCUT2D eigenvalue weighted by molar-refractivity contribution is 8.08. The standard InChI is InChI=1S/C43H30F4OP2.2CHF3O3S/c44-38-37(43(48)50(34-25-13-4-14-26-34,35-27-15-5-16-28-35)36-29-17-6-18-30-36)39(45)41(47)42(40(38)46)49(31-19-7-1-8-20-31,32-21-9-2-10-22-32)33-23-11-3-12-24-33;2*2-1(3,4)8(5,6)7/h1-30H;2*(H,5,6,7)/q+2;;/p-2. The highest BCUT2D eigenvalue weighted by Crippen LogP contribution is 2.60. The maximum absolute atomic E-state index is 17.3. The lowest BCUT2D eigenvalue weighted by Crippen LogP contribution is -2.43. The third-order valence-corrected chi connectivity index (χ3v) is 19.0. The number of hydrogen-bond acceptors (Lipinski definition) is 7. The zero-order chi connectivity index (χ0) is 48.7. The number of carbonyl (C=O) groups is 1. The first-order valence-corrected chi connectivity index (χ1v) is 24.9. The van der Waals surface area contributed by atoms with Gasteiger partial charge in [-0.3, -0.25) is 0 Å². The van der Waals surface area contributed by atoms with Gasteiger partial charge in [0.15, 0.2) is 51.7 Å². The van der Waals surface area contributed by atoms with E-state index in [0.717, 1.165) is 0 Å². The van der Waals surface area contributed by atoms with E-state index in [1.54, 1.807) is 182 Å². The Balaban J connectivity index is 0.000000436. The third kappa shape index (κ3) is 10.3. The summed E-state index contributed by atoms with van der Waals surface area (Å²) in [6, 6.07) is 52.1. The Morgan fingerprint density at radius 1 is 0.379 bits per heavy atom. The summed E-state index contributed by atoms with van der Waals surface area (Å²) in [6.45, 7) is 0. The Labute approximate surface area is 372 Å². The fourth-order valence-corrected chi connectivity index (χ4v) is 15.1. The van der Waals surface area contributed by atoms with Crippen LogP contribution in [0, 0.1) is 23.3 Å². The van der Waals surface area contributed by atoms with Crippen LogP contribution in [0.15, 0.2) is 182 Å². The molecule has 0 saturated carbocycles. The van der Waals surface area contributed by atoms with Gasteiger partial charge in [0.1, 0.15) is 37.4 Å². The van der Waals surface area contributed by atoms with Crippen LogP contribution in [0.4, 0.5) is 43.9 Å². The van der Waals surface area contributed by atoms with Crippen molar-refractivity contribution >= 4 is 77.4 Å². The number of alkyl halides is 6. The van der Waals surface area contributed by atoms with Crippen LogP contribution in [0.1, 0.15) is 10.4 Å².